The molecule has 1 aliphatic rings. The van der Waals surface area contributed by atoms with Crippen molar-refractivity contribution in [3.05, 3.63) is 33.8 Å². The topological polar surface area (TPSA) is 46.3 Å². The van der Waals surface area contributed by atoms with Crippen LogP contribution in [0.5, 0.6) is 0 Å². The van der Waals surface area contributed by atoms with Gasteiger partial charge < -0.3 is 10.6 Å². The van der Waals surface area contributed by atoms with Crippen LogP contribution >= 0.6 is 35.6 Å². The Morgan fingerprint density at radius 3 is 2.61 bits per heavy atom. The number of hydrogen-bond acceptors (Lipinski definition) is 2. The van der Waals surface area contributed by atoms with Crippen LogP contribution in [0.1, 0.15) is 38.2 Å². The molecule has 1 aromatic carbocycles. The van der Waals surface area contributed by atoms with Crippen molar-refractivity contribution in [1.29, 1.82) is 0 Å². The minimum absolute atomic E-state index is 0. The summed E-state index contributed by atoms with van der Waals surface area (Å²) >= 11 is 12.3. The molecule has 0 bridgehead atoms. The lowest BCUT2D eigenvalue weighted by molar-refractivity contribution is -0.132. The Bertz CT molecular complexity index is 515. The van der Waals surface area contributed by atoms with E-state index in [9.17, 15) is 4.79 Å². The highest BCUT2D eigenvalue weighted by molar-refractivity contribution is 6.33. The largest absolute Gasteiger partial charge is 0.343 e. The summed E-state index contributed by atoms with van der Waals surface area (Å²) in [4.78, 5) is 14.1. The van der Waals surface area contributed by atoms with Gasteiger partial charge in [-0.3, -0.25) is 4.79 Å². The Kier molecular flexibility index (Phi) is 8.70. The molecule has 0 spiro atoms. The average molecular weight is 380 g/mol. The molecule has 6 heteroatoms. The molecule has 1 amide bonds. The summed E-state index contributed by atoms with van der Waals surface area (Å²) in [6, 6.07) is 5.70. The molecule has 1 atom stereocenters. The van der Waals surface area contributed by atoms with Gasteiger partial charge in [-0.25, -0.2) is 0 Å². The molecule has 0 aromatic heterocycles. The van der Waals surface area contributed by atoms with Crippen LogP contribution in [0.15, 0.2) is 18.2 Å². The van der Waals surface area contributed by atoms with Crippen LogP contribution in [-0.2, 0) is 11.2 Å². The van der Waals surface area contributed by atoms with E-state index in [4.69, 9.17) is 28.9 Å². The van der Waals surface area contributed by atoms with Crippen molar-refractivity contribution in [2.24, 2.45) is 11.7 Å². The lowest BCUT2D eigenvalue weighted by atomic mass is 9.90. The first-order valence-electron chi connectivity index (χ1n) is 7.93. The summed E-state index contributed by atoms with van der Waals surface area (Å²) in [5, 5.41) is 1.50. The fourth-order valence-electron chi connectivity index (χ4n) is 2.91. The lowest BCUT2D eigenvalue weighted by Gasteiger charge is -2.32. The standard InChI is InChI=1S/C17H24Cl2N2O.ClH/c1-12(20)2-5-17(22)21-8-6-13(7-9-21)10-14-11-15(18)3-4-16(14)19;/h3-4,11-13H,2,5-10,20H2,1H3;1H. The highest BCUT2D eigenvalue weighted by atomic mass is 35.5. The summed E-state index contributed by atoms with van der Waals surface area (Å²) in [6.45, 7) is 3.61. The van der Waals surface area contributed by atoms with Crippen LogP contribution in [0.25, 0.3) is 0 Å². The van der Waals surface area contributed by atoms with E-state index in [0.717, 1.165) is 54.4 Å². The zero-order valence-electron chi connectivity index (χ0n) is 13.4. The van der Waals surface area contributed by atoms with Gasteiger partial charge in [-0.05, 0) is 62.3 Å². The summed E-state index contributed by atoms with van der Waals surface area (Å²) in [5.74, 6) is 0.796. The molecule has 2 N–H and O–H groups in total. The van der Waals surface area contributed by atoms with E-state index in [0.29, 0.717) is 12.3 Å². The molecule has 1 heterocycles. The van der Waals surface area contributed by atoms with Crippen molar-refractivity contribution in [2.75, 3.05) is 13.1 Å². The van der Waals surface area contributed by atoms with Crippen LogP contribution in [0.3, 0.4) is 0 Å². The summed E-state index contributed by atoms with van der Waals surface area (Å²) in [7, 11) is 0. The number of rotatable bonds is 5. The minimum atomic E-state index is 0. The molecule has 130 valence electrons. The van der Waals surface area contributed by atoms with Gasteiger partial charge >= 0.3 is 0 Å². The first-order valence-corrected chi connectivity index (χ1v) is 8.68. The highest BCUT2D eigenvalue weighted by Gasteiger charge is 2.23. The fraction of sp³-hybridized carbons (Fsp3) is 0.588. The lowest BCUT2D eigenvalue weighted by Crippen LogP contribution is -2.39. The second-order valence-corrected chi connectivity index (χ2v) is 7.12. The first kappa shape index (κ1) is 20.6. The molecule has 3 nitrogen and oxygen atoms in total. The van der Waals surface area contributed by atoms with Crippen molar-refractivity contribution in [1.82, 2.24) is 4.90 Å². The average Bonchev–Trinajstić information content (AvgIpc) is 2.49. The first-order chi connectivity index (χ1) is 10.5. The second kappa shape index (κ2) is 9.73. The fourth-order valence-corrected chi connectivity index (χ4v) is 3.30. The Morgan fingerprint density at radius 2 is 2.00 bits per heavy atom. The second-order valence-electron chi connectivity index (χ2n) is 6.28. The predicted molar refractivity (Wildman–Crippen MR) is 99.6 cm³/mol. The van der Waals surface area contributed by atoms with Gasteiger partial charge in [-0.2, -0.15) is 0 Å². The Hall–Kier alpha value is -0.480. The van der Waals surface area contributed by atoms with Crippen LogP contribution in [0, 0.1) is 5.92 Å². The molecule has 0 radical (unpaired) electrons. The van der Waals surface area contributed by atoms with Crippen molar-refractivity contribution in [3.8, 4) is 0 Å². The molecule has 1 aromatic rings. The zero-order valence-corrected chi connectivity index (χ0v) is 15.8. The maximum Gasteiger partial charge on any atom is 0.222 e. The van der Waals surface area contributed by atoms with Gasteiger partial charge in [0.2, 0.25) is 5.91 Å². The van der Waals surface area contributed by atoms with E-state index in [-0.39, 0.29) is 24.4 Å². The maximum atomic E-state index is 12.1. The molecule has 0 saturated carbocycles. The third-order valence-corrected chi connectivity index (χ3v) is 4.90. The van der Waals surface area contributed by atoms with E-state index < -0.39 is 0 Å². The van der Waals surface area contributed by atoms with E-state index in [1.165, 1.54) is 0 Å². The molecule has 23 heavy (non-hydrogen) atoms. The van der Waals surface area contributed by atoms with Crippen LogP contribution in [0.4, 0.5) is 0 Å². The Labute approximate surface area is 154 Å². The van der Waals surface area contributed by atoms with E-state index in [1.54, 1.807) is 0 Å². The summed E-state index contributed by atoms with van der Waals surface area (Å²) < 4.78 is 0. The van der Waals surface area contributed by atoms with E-state index >= 15 is 0 Å². The molecule has 1 saturated heterocycles. The van der Waals surface area contributed by atoms with Crippen LogP contribution in [0.2, 0.25) is 10.0 Å². The predicted octanol–water partition coefficient (Wildman–Crippen LogP) is 4.32. The van der Waals surface area contributed by atoms with E-state index in [1.807, 2.05) is 30.0 Å². The number of carbonyl (C=O) groups is 1. The van der Waals surface area contributed by atoms with Crippen LogP contribution in [-0.4, -0.2) is 29.9 Å². The maximum absolute atomic E-state index is 12.1. The molecule has 1 fully saturated rings. The Balaban J connectivity index is 0.00000264. The van der Waals surface area contributed by atoms with Gasteiger partial charge in [-0.15, -0.1) is 12.4 Å². The van der Waals surface area contributed by atoms with Crippen molar-refractivity contribution in [3.63, 3.8) is 0 Å². The van der Waals surface area contributed by atoms with Gasteiger partial charge in [-0.1, -0.05) is 23.2 Å². The number of benzene rings is 1. The monoisotopic (exact) mass is 378 g/mol. The summed E-state index contributed by atoms with van der Waals surface area (Å²) in [6.07, 6.45) is 4.29. The number of halogens is 3. The van der Waals surface area contributed by atoms with Gasteiger partial charge in [0.15, 0.2) is 0 Å². The number of likely N-dealkylation sites (tertiary alicyclic amines) is 1. The van der Waals surface area contributed by atoms with Gasteiger partial charge in [0.05, 0.1) is 0 Å². The summed E-state index contributed by atoms with van der Waals surface area (Å²) in [5.41, 5.74) is 6.82. The number of nitrogens with zero attached hydrogens (tertiary/aromatic N) is 1. The molecular weight excluding hydrogens is 355 g/mol. The van der Waals surface area contributed by atoms with Gasteiger partial charge in [0.1, 0.15) is 0 Å². The van der Waals surface area contributed by atoms with E-state index in [2.05, 4.69) is 0 Å². The molecule has 2 rings (SSSR count). The Morgan fingerprint density at radius 1 is 1.35 bits per heavy atom. The van der Waals surface area contributed by atoms with Gasteiger partial charge in [0, 0.05) is 35.6 Å². The highest BCUT2D eigenvalue weighted by Crippen LogP contribution is 2.27. The van der Waals surface area contributed by atoms with Gasteiger partial charge in [0.25, 0.3) is 0 Å². The van der Waals surface area contributed by atoms with Crippen LogP contribution < -0.4 is 5.73 Å². The number of hydrogen-bond donors (Lipinski definition) is 1. The van der Waals surface area contributed by atoms with Crippen molar-refractivity contribution in [2.45, 2.75) is 45.1 Å². The minimum Gasteiger partial charge on any atom is -0.343 e. The third-order valence-electron chi connectivity index (χ3n) is 4.30. The SMILES string of the molecule is CC(N)CCC(=O)N1CCC(Cc2cc(Cl)ccc2Cl)CC1.Cl. The molecule has 0 aliphatic carbocycles. The zero-order chi connectivity index (χ0) is 16.1. The molecule has 1 aliphatic heterocycles. The number of piperidine rings is 1. The van der Waals surface area contributed by atoms with Crippen molar-refractivity contribution >= 4 is 41.5 Å². The third kappa shape index (κ3) is 6.50. The number of nitrogens with two attached hydrogens (primary N) is 1. The molecule has 1 unspecified atom stereocenters. The normalized spacial score (nSPS) is 16.8. The van der Waals surface area contributed by atoms with Crippen molar-refractivity contribution < 1.29 is 4.79 Å². The number of carbonyl (C=O) groups excluding carboxylic acids is 1. The smallest absolute Gasteiger partial charge is 0.222 e. The molecular formula is C17H25Cl3N2O. The quantitative estimate of drug-likeness (QED) is 0.828. The number of amides is 1.